The van der Waals surface area contributed by atoms with E-state index in [0.29, 0.717) is 17.6 Å². The molecule has 0 atom stereocenters. The Balaban J connectivity index is 0.00000116. The SMILES string of the molecule is CC.Cc1ccc(-c2csc(NC(=O)NCCCl)n2)cc1C. The smallest absolute Gasteiger partial charge is 0.321 e. The molecular weight excluding hydrogens is 318 g/mol. The van der Waals surface area contributed by atoms with Crippen molar-refractivity contribution in [2.45, 2.75) is 27.7 Å². The Morgan fingerprint density at radius 2 is 2.00 bits per heavy atom. The van der Waals surface area contributed by atoms with E-state index in [-0.39, 0.29) is 6.03 Å². The quantitative estimate of drug-likeness (QED) is 0.785. The number of amides is 2. The van der Waals surface area contributed by atoms with Crippen LogP contribution in [-0.4, -0.2) is 23.4 Å². The summed E-state index contributed by atoms with van der Waals surface area (Å²) < 4.78 is 0. The van der Waals surface area contributed by atoms with Crippen molar-refractivity contribution in [2.24, 2.45) is 0 Å². The Bertz CT molecular complexity index is 613. The Morgan fingerprint density at radius 1 is 1.27 bits per heavy atom. The van der Waals surface area contributed by atoms with Gasteiger partial charge in [-0.05, 0) is 31.0 Å². The van der Waals surface area contributed by atoms with Crippen LogP contribution in [-0.2, 0) is 0 Å². The van der Waals surface area contributed by atoms with Crippen molar-refractivity contribution < 1.29 is 4.79 Å². The van der Waals surface area contributed by atoms with E-state index in [1.807, 2.05) is 25.3 Å². The van der Waals surface area contributed by atoms with Crippen LogP contribution in [0.15, 0.2) is 23.6 Å². The number of hydrogen-bond donors (Lipinski definition) is 2. The number of urea groups is 1. The molecule has 0 unspecified atom stereocenters. The lowest BCUT2D eigenvalue weighted by molar-refractivity contribution is 0.252. The maximum Gasteiger partial charge on any atom is 0.321 e. The third-order valence-electron chi connectivity index (χ3n) is 2.91. The molecule has 2 N–H and O–H groups in total. The van der Waals surface area contributed by atoms with E-state index in [1.54, 1.807) is 0 Å². The molecule has 1 heterocycles. The molecule has 2 aromatic rings. The molecule has 0 aliphatic rings. The second-order valence-corrected chi connectivity index (χ2v) is 5.64. The van der Waals surface area contributed by atoms with E-state index in [9.17, 15) is 4.79 Å². The fourth-order valence-corrected chi connectivity index (χ4v) is 2.48. The summed E-state index contributed by atoms with van der Waals surface area (Å²) in [6.45, 7) is 8.58. The number of anilines is 1. The molecule has 2 rings (SSSR count). The second kappa shape index (κ2) is 9.43. The number of nitrogens with zero attached hydrogens (tertiary/aromatic N) is 1. The maximum atomic E-state index is 11.5. The summed E-state index contributed by atoms with van der Waals surface area (Å²) in [5, 5.41) is 7.83. The minimum Gasteiger partial charge on any atom is -0.337 e. The molecule has 1 aromatic heterocycles. The lowest BCUT2D eigenvalue weighted by atomic mass is 10.1. The minimum absolute atomic E-state index is 0.286. The van der Waals surface area contributed by atoms with E-state index in [1.165, 1.54) is 22.5 Å². The number of alkyl halides is 1. The third kappa shape index (κ3) is 5.31. The fraction of sp³-hybridized carbons (Fsp3) is 0.375. The Kier molecular flexibility index (Phi) is 7.91. The Labute approximate surface area is 140 Å². The first-order chi connectivity index (χ1) is 10.6. The highest BCUT2D eigenvalue weighted by atomic mass is 35.5. The third-order valence-corrected chi connectivity index (χ3v) is 3.85. The van der Waals surface area contributed by atoms with Gasteiger partial charge in [-0.1, -0.05) is 26.0 Å². The van der Waals surface area contributed by atoms with Crippen LogP contribution in [0.4, 0.5) is 9.93 Å². The molecule has 0 saturated carbocycles. The van der Waals surface area contributed by atoms with Gasteiger partial charge in [-0.25, -0.2) is 9.78 Å². The summed E-state index contributed by atoms with van der Waals surface area (Å²) in [5.74, 6) is 0.388. The van der Waals surface area contributed by atoms with Crippen LogP contribution >= 0.6 is 22.9 Å². The number of rotatable bonds is 4. The number of carbonyl (C=O) groups is 1. The van der Waals surface area contributed by atoms with Gasteiger partial charge in [0, 0.05) is 23.4 Å². The molecule has 4 nitrogen and oxygen atoms in total. The molecule has 6 heteroatoms. The Hall–Kier alpha value is -1.59. The van der Waals surface area contributed by atoms with Gasteiger partial charge in [-0.3, -0.25) is 5.32 Å². The van der Waals surface area contributed by atoms with E-state index < -0.39 is 0 Å². The lowest BCUT2D eigenvalue weighted by Crippen LogP contribution is -2.30. The maximum absolute atomic E-state index is 11.5. The summed E-state index contributed by atoms with van der Waals surface area (Å²) in [4.78, 5) is 15.9. The van der Waals surface area contributed by atoms with Gasteiger partial charge in [-0.15, -0.1) is 22.9 Å². The molecule has 0 radical (unpaired) electrons. The number of carbonyl (C=O) groups excluding carboxylic acids is 1. The summed E-state index contributed by atoms with van der Waals surface area (Å²) in [6.07, 6.45) is 0. The van der Waals surface area contributed by atoms with E-state index in [0.717, 1.165) is 11.3 Å². The molecule has 0 saturated heterocycles. The van der Waals surface area contributed by atoms with E-state index in [2.05, 4.69) is 41.6 Å². The molecule has 22 heavy (non-hydrogen) atoms. The molecule has 0 aliphatic heterocycles. The minimum atomic E-state index is -0.286. The van der Waals surface area contributed by atoms with Gasteiger partial charge >= 0.3 is 6.03 Å². The number of aryl methyl sites for hydroxylation is 2. The number of hydrogen-bond acceptors (Lipinski definition) is 3. The predicted molar refractivity (Wildman–Crippen MR) is 96.1 cm³/mol. The summed E-state index contributed by atoms with van der Waals surface area (Å²) >= 11 is 6.90. The van der Waals surface area contributed by atoms with Crippen LogP contribution in [0.3, 0.4) is 0 Å². The van der Waals surface area contributed by atoms with Crippen molar-refractivity contribution in [3.05, 3.63) is 34.7 Å². The molecule has 120 valence electrons. The average Bonchev–Trinajstić information content (AvgIpc) is 2.98. The van der Waals surface area contributed by atoms with Crippen molar-refractivity contribution in [3.8, 4) is 11.3 Å². The van der Waals surface area contributed by atoms with Crippen molar-refractivity contribution in [3.63, 3.8) is 0 Å². The highest BCUT2D eigenvalue weighted by Crippen LogP contribution is 2.26. The summed E-state index contributed by atoms with van der Waals surface area (Å²) in [7, 11) is 0. The average molecular weight is 340 g/mol. The number of benzene rings is 1. The van der Waals surface area contributed by atoms with Crippen molar-refractivity contribution >= 4 is 34.1 Å². The molecule has 1 aromatic carbocycles. The van der Waals surface area contributed by atoms with Crippen molar-refractivity contribution in [2.75, 3.05) is 17.7 Å². The van der Waals surface area contributed by atoms with Crippen LogP contribution in [0.1, 0.15) is 25.0 Å². The van der Waals surface area contributed by atoms with Crippen molar-refractivity contribution in [1.29, 1.82) is 0 Å². The molecule has 2 amide bonds. The lowest BCUT2D eigenvalue weighted by Gasteiger charge is -2.03. The van der Waals surface area contributed by atoms with Crippen LogP contribution in [0, 0.1) is 13.8 Å². The second-order valence-electron chi connectivity index (χ2n) is 4.41. The number of aromatic nitrogens is 1. The largest absolute Gasteiger partial charge is 0.337 e. The normalized spacial score (nSPS) is 9.68. The van der Waals surface area contributed by atoms with E-state index >= 15 is 0 Å². The fourth-order valence-electron chi connectivity index (χ4n) is 1.67. The Morgan fingerprint density at radius 3 is 2.64 bits per heavy atom. The highest BCUT2D eigenvalue weighted by molar-refractivity contribution is 7.14. The topological polar surface area (TPSA) is 54.0 Å². The van der Waals surface area contributed by atoms with Gasteiger partial charge in [0.15, 0.2) is 5.13 Å². The predicted octanol–water partition coefficient (Wildman–Crippen LogP) is 4.81. The molecular formula is C16H22ClN3OS. The van der Waals surface area contributed by atoms with Gasteiger partial charge in [-0.2, -0.15) is 0 Å². The molecule has 0 spiro atoms. The van der Waals surface area contributed by atoms with Crippen LogP contribution < -0.4 is 10.6 Å². The van der Waals surface area contributed by atoms with E-state index in [4.69, 9.17) is 11.6 Å². The molecule has 0 aliphatic carbocycles. The molecule has 0 fully saturated rings. The zero-order valence-corrected chi connectivity index (χ0v) is 14.9. The number of halogens is 1. The van der Waals surface area contributed by atoms with Gasteiger partial charge in [0.25, 0.3) is 0 Å². The highest BCUT2D eigenvalue weighted by Gasteiger charge is 2.08. The van der Waals surface area contributed by atoms with Gasteiger partial charge in [0.1, 0.15) is 0 Å². The van der Waals surface area contributed by atoms with Crippen LogP contribution in [0.5, 0.6) is 0 Å². The van der Waals surface area contributed by atoms with Gasteiger partial charge < -0.3 is 5.32 Å². The first-order valence-electron chi connectivity index (χ1n) is 7.24. The zero-order valence-electron chi connectivity index (χ0n) is 13.4. The number of thiazole rings is 1. The molecule has 0 bridgehead atoms. The number of nitrogens with one attached hydrogen (secondary N) is 2. The van der Waals surface area contributed by atoms with Crippen LogP contribution in [0.2, 0.25) is 0 Å². The zero-order chi connectivity index (χ0) is 16.5. The monoisotopic (exact) mass is 339 g/mol. The first kappa shape index (κ1) is 18.5. The summed E-state index contributed by atoms with van der Waals surface area (Å²) in [5.41, 5.74) is 4.40. The first-order valence-corrected chi connectivity index (χ1v) is 8.65. The standard InChI is InChI=1S/C14H16ClN3OS.C2H6/c1-9-3-4-11(7-10(9)2)12-8-20-14(17-12)18-13(19)16-6-5-15;1-2/h3-4,7-8H,5-6H2,1-2H3,(H2,16,17,18,19);1-2H3. The van der Waals surface area contributed by atoms with Gasteiger partial charge in [0.2, 0.25) is 0 Å². The van der Waals surface area contributed by atoms with Crippen LogP contribution in [0.25, 0.3) is 11.3 Å². The summed E-state index contributed by atoms with van der Waals surface area (Å²) in [6, 6.07) is 5.92. The van der Waals surface area contributed by atoms with Gasteiger partial charge in [0.05, 0.1) is 5.69 Å². The van der Waals surface area contributed by atoms with Crippen molar-refractivity contribution in [1.82, 2.24) is 10.3 Å².